The first-order chi connectivity index (χ1) is 9.15. The topological polar surface area (TPSA) is 72.8 Å². The zero-order valence-corrected chi connectivity index (χ0v) is 10.8. The molecule has 1 aromatic carbocycles. The molecule has 2 unspecified atom stereocenters. The molecule has 3 N–H and O–H groups in total. The molecular formula is C14H20N2O3. The van der Waals surface area contributed by atoms with Crippen molar-refractivity contribution >= 4 is 5.91 Å². The van der Waals surface area contributed by atoms with E-state index in [1.165, 1.54) is 5.56 Å². The van der Waals surface area contributed by atoms with Crippen molar-refractivity contribution in [3.05, 3.63) is 35.9 Å². The number of nitrogens with zero attached hydrogens (tertiary/aromatic N) is 1. The van der Waals surface area contributed by atoms with Gasteiger partial charge in [-0.1, -0.05) is 30.3 Å². The van der Waals surface area contributed by atoms with Crippen LogP contribution in [0.1, 0.15) is 5.56 Å². The minimum atomic E-state index is -0.739. The number of hydrogen-bond donors (Lipinski definition) is 3. The van der Waals surface area contributed by atoms with E-state index in [1.807, 2.05) is 30.3 Å². The SMILES string of the molecule is O=C(CN1CC(O)C(O)C1)NCCc1ccccc1. The summed E-state index contributed by atoms with van der Waals surface area (Å²) in [5.41, 5.74) is 1.19. The van der Waals surface area contributed by atoms with Gasteiger partial charge in [-0.15, -0.1) is 0 Å². The number of hydrogen-bond acceptors (Lipinski definition) is 4. The summed E-state index contributed by atoms with van der Waals surface area (Å²) < 4.78 is 0. The maximum absolute atomic E-state index is 11.7. The molecule has 0 aromatic heterocycles. The van der Waals surface area contributed by atoms with Crippen LogP contribution < -0.4 is 5.32 Å². The lowest BCUT2D eigenvalue weighted by atomic mass is 10.1. The van der Waals surface area contributed by atoms with E-state index in [1.54, 1.807) is 4.90 Å². The van der Waals surface area contributed by atoms with Gasteiger partial charge >= 0.3 is 0 Å². The second kappa shape index (κ2) is 6.65. The van der Waals surface area contributed by atoms with Crippen LogP contribution in [-0.2, 0) is 11.2 Å². The zero-order chi connectivity index (χ0) is 13.7. The molecule has 0 aliphatic carbocycles. The van der Waals surface area contributed by atoms with Crippen molar-refractivity contribution in [3.63, 3.8) is 0 Å². The minimum Gasteiger partial charge on any atom is -0.389 e. The number of carbonyl (C=O) groups excluding carboxylic acids is 1. The van der Waals surface area contributed by atoms with Crippen molar-refractivity contribution in [1.29, 1.82) is 0 Å². The molecule has 1 aliphatic heterocycles. The Bertz CT molecular complexity index is 400. The smallest absolute Gasteiger partial charge is 0.234 e. The van der Waals surface area contributed by atoms with E-state index in [4.69, 9.17) is 0 Å². The van der Waals surface area contributed by atoms with Crippen LogP contribution in [0.4, 0.5) is 0 Å². The lowest BCUT2D eigenvalue weighted by Crippen LogP contribution is -2.37. The molecule has 1 saturated heterocycles. The molecule has 19 heavy (non-hydrogen) atoms. The number of aliphatic hydroxyl groups excluding tert-OH is 2. The van der Waals surface area contributed by atoms with Crippen molar-refractivity contribution in [2.45, 2.75) is 18.6 Å². The van der Waals surface area contributed by atoms with Crippen molar-refractivity contribution < 1.29 is 15.0 Å². The Kier molecular flexibility index (Phi) is 4.90. The summed E-state index contributed by atoms with van der Waals surface area (Å²) in [7, 11) is 0. The maximum atomic E-state index is 11.7. The number of benzene rings is 1. The molecule has 1 amide bonds. The van der Waals surface area contributed by atoms with Gasteiger partial charge in [0, 0.05) is 19.6 Å². The Morgan fingerprint density at radius 3 is 2.47 bits per heavy atom. The van der Waals surface area contributed by atoms with Crippen molar-refractivity contribution in [3.8, 4) is 0 Å². The van der Waals surface area contributed by atoms with Crippen LogP contribution in [0, 0.1) is 0 Å². The van der Waals surface area contributed by atoms with Crippen LogP contribution in [0.2, 0.25) is 0 Å². The van der Waals surface area contributed by atoms with Crippen LogP contribution >= 0.6 is 0 Å². The van der Waals surface area contributed by atoms with E-state index in [9.17, 15) is 15.0 Å². The van der Waals surface area contributed by atoms with Gasteiger partial charge in [-0.05, 0) is 12.0 Å². The molecule has 0 radical (unpaired) electrons. The second-order valence-electron chi connectivity index (χ2n) is 4.91. The number of likely N-dealkylation sites (tertiary alicyclic amines) is 1. The first kappa shape index (κ1) is 14.0. The average Bonchev–Trinajstić information content (AvgIpc) is 2.69. The summed E-state index contributed by atoms with van der Waals surface area (Å²) in [6.07, 6.45) is -0.674. The maximum Gasteiger partial charge on any atom is 0.234 e. The molecule has 1 aliphatic rings. The first-order valence-corrected chi connectivity index (χ1v) is 6.54. The molecule has 1 aromatic rings. The van der Waals surface area contributed by atoms with Crippen LogP contribution in [0.15, 0.2) is 30.3 Å². The molecule has 0 spiro atoms. The number of aliphatic hydroxyl groups is 2. The lowest BCUT2D eigenvalue weighted by molar-refractivity contribution is -0.122. The summed E-state index contributed by atoms with van der Waals surface area (Å²) in [4.78, 5) is 13.4. The summed E-state index contributed by atoms with van der Waals surface area (Å²) in [5, 5.41) is 21.6. The van der Waals surface area contributed by atoms with Crippen molar-refractivity contribution in [2.24, 2.45) is 0 Å². The Morgan fingerprint density at radius 2 is 1.84 bits per heavy atom. The highest BCUT2D eigenvalue weighted by atomic mass is 16.3. The third kappa shape index (κ3) is 4.31. The fraction of sp³-hybridized carbons (Fsp3) is 0.500. The highest BCUT2D eigenvalue weighted by Crippen LogP contribution is 2.08. The highest BCUT2D eigenvalue weighted by molar-refractivity contribution is 5.78. The number of carbonyl (C=O) groups is 1. The van der Waals surface area contributed by atoms with Gasteiger partial charge in [-0.2, -0.15) is 0 Å². The van der Waals surface area contributed by atoms with E-state index in [2.05, 4.69) is 5.32 Å². The molecule has 2 atom stereocenters. The molecular weight excluding hydrogens is 244 g/mol. The summed E-state index contributed by atoms with van der Waals surface area (Å²) in [5.74, 6) is -0.0720. The molecule has 5 heteroatoms. The zero-order valence-electron chi connectivity index (χ0n) is 10.8. The van der Waals surface area contributed by atoms with Crippen LogP contribution in [0.3, 0.4) is 0 Å². The molecule has 1 heterocycles. The Balaban J connectivity index is 1.65. The molecule has 5 nitrogen and oxygen atoms in total. The third-order valence-corrected chi connectivity index (χ3v) is 3.28. The van der Waals surface area contributed by atoms with Gasteiger partial charge in [0.15, 0.2) is 0 Å². The average molecular weight is 264 g/mol. The Hall–Kier alpha value is -1.43. The monoisotopic (exact) mass is 264 g/mol. The standard InChI is InChI=1S/C14H20N2O3/c17-12-8-16(9-13(12)18)10-14(19)15-7-6-11-4-2-1-3-5-11/h1-5,12-13,17-18H,6-10H2,(H,15,19). The van der Waals surface area contributed by atoms with Gasteiger partial charge in [0.1, 0.15) is 0 Å². The normalized spacial score (nSPS) is 23.5. The van der Waals surface area contributed by atoms with E-state index >= 15 is 0 Å². The number of β-amino-alcohol motifs (C(OH)–C–C–N with tert-alkyl or cyclic N) is 2. The predicted molar refractivity (Wildman–Crippen MR) is 71.6 cm³/mol. The second-order valence-corrected chi connectivity index (χ2v) is 4.91. The fourth-order valence-corrected chi connectivity index (χ4v) is 2.23. The van der Waals surface area contributed by atoms with Gasteiger partial charge < -0.3 is 15.5 Å². The molecule has 104 valence electrons. The molecule has 0 saturated carbocycles. The van der Waals surface area contributed by atoms with E-state index in [0.29, 0.717) is 19.6 Å². The fourth-order valence-electron chi connectivity index (χ4n) is 2.23. The Morgan fingerprint density at radius 1 is 1.21 bits per heavy atom. The predicted octanol–water partition coefficient (Wildman–Crippen LogP) is -0.617. The van der Waals surface area contributed by atoms with Gasteiger partial charge in [-0.25, -0.2) is 0 Å². The number of amides is 1. The van der Waals surface area contributed by atoms with Gasteiger partial charge in [0.05, 0.1) is 18.8 Å². The van der Waals surface area contributed by atoms with Gasteiger partial charge in [-0.3, -0.25) is 9.69 Å². The van der Waals surface area contributed by atoms with Gasteiger partial charge in [0.25, 0.3) is 0 Å². The van der Waals surface area contributed by atoms with Crippen LogP contribution in [0.25, 0.3) is 0 Å². The van der Waals surface area contributed by atoms with E-state index in [-0.39, 0.29) is 12.5 Å². The summed E-state index contributed by atoms with van der Waals surface area (Å²) in [6.45, 7) is 1.53. The van der Waals surface area contributed by atoms with Crippen LogP contribution in [0.5, 0.6) is 0 Å². The first-order valence-electron chi connectivity index (χ1n) is 6.54. The Labute approximate surface area is 112 Å². The van der Waals surface area contributed by atoms with Crippen molar-refractivity contribution in [2.75, 3.05) is 26.2 Å². The summed E-state index contributed by atoms with van der Waals surface area (Å²) in [6, 6.07) is 9.97. The lowest BCUT2D eigenvalue weighted by Gasteiger charge is -2.14. The minimum absolute atomic E-state index is 0.0720. The summed E-state index contributed by atoms with van der Waals surface area (Å²) >= 11 is 0. The highest BCUT2D eigenvalue weighted by Gasteiger charge is 2.30. The molecule has 2 rings (SSSR count). The van der Waals surface area contributed by atoms with Crippen molar-refractivity contribution in [1.82, 2.24) is 10.2 Å². The quantitative estimate of drug-likeness (QED) is 0.663. The van der Waals surface area contributed by atoms with E-state index in [0.717, 1.165) is 6.42 Å². The largest absolute Gasteiger partial charge is 0.389 e. The molecule has 0 bridgehead atoms. The number of rotatable bonds is 5. The van der Waals surface area contributed by atoms with Gasteiger partial charge in [0.2, 0.25) is 5.91 Å². The third-order valence-electron chi connectivity index (χ3n) is 3.28. The van der Waals surface area contributed by atoms with Crippen LogP contribution in [-0.4, -0.2) is 59.4 Å². The van der Waals surface area contributed by atoms with E-state index < -0.39 is 12.2 Å². The number of nitrogens with one attached hydrogen (secondary N) is 1. The molecule has 1 fully saturated rings.